The van der Waals surface area contributed by atoms with Crippen LogP contribution in [0.5, 0.6) is 0 Å². The van der Waals surface area contributed by atoms with Gasteiger partial charge in [-0.15, -0.1) is 0 Å². The van der Waals surface area contributed by atoms with Crippen LogP contribution in [0.15, 0.2) is 18.2 Å². The fourth-order valence-corrected chi connectivity index (χ4v) is 7.34. The van der Waals surface area contributed by atoms with Crippen molar-refractivity contribution >= 4 is 23.3 Å². The Kier molecular flexibility index (Phi) is 6.46. The van der Waals surface area contributed by atoms with Gasteiger partial charge in [0, 0.05) is 17.4 Å². The molecule has 3 N–H and O–H groups in total. The molecule has 2 aromatic rings. The maximum absolute atomic E-state index is 13.6. The first-order valence-electron chi connectivity index (χ1n) is 12.9. The van der Waals surface area contributed by atoms with Crippen LogP contribution in [0.1, 0.15) is 69.8 Å². The van der Waals surface area contributed by atoms with Crippen LogP contribution < -0.4 is 10.6 Å². The fraction of sp³-hybridized carbons (Fsp3) is 0.536. The monoisotopic (exact) mass is 513 g/mol. The Balaban J connectivity index is 1.39. The van der Waals surface area contributed by atoms with E-state index in [1.165, 1.54) is 22.8 Å². The van der Waals surface area contributed by atoms with E-state index in [4.69, 9.17) is 0 Å². The number of hydrogen-bond acceptors (Lipinski definition) is 4. The van der Waals surface area contributed by atoms with Gasteiger partial charge in [0.1, 0.15) is 12.5 Å². The highest BCUT2D eigenvalue weighted by atomic mass is 19.1. The SMILES string of the molecule is Cc1cc(NC(=O)c2c(C)c(C(=O)C(=O)N[C@H]3C4CC5CC3C[C@](O)(C5)C4)n(CCF)c2C)ccc1F. The Hall–Kier alpha value is -3.07. The Bertz CT molecular complexity index is 1270. The summed E-state index contributed by atoms with van der Waals surface area (Å²) in [6.07, 6.45) is 3.94. The van der Waals surface area contributed by atoms with Crippen LogP contribution in [0, 0.1) is 44.3 Å². The standard InChI is InChI=1S/C28H33F2N3O4/c1-14-8-20(4-5-21(14)30)31-26(35)22-15(2)24(33(7-6-29)16(22)3)25(34)27(36)32-23-18-9-17-10-19(23)13-28(37,11-17)12-18/h4-5,8,17-19,23,37H,6-7,9-13H2,1-3H3,(H,31,35)(H,32,36)/t17?,18?,19?,23-,28-. The first-order chi connectivity index (χ1) is 17.5. The highest BCUT2D eigenvalue weighted by molar-refractivity contribution is 6.43. The van der Waals surface area contributed by atoms with E-state index in [0.717, 1.165) is 19.3 Å². The van der Waals surface area contributed by atoms with Gasteiger partial charge < -0.3 is 20.3 Å². The topological polar surface area (TPSA) is 100 Å². The zero-order valence-corrected chi connectivity index (χ0v) is 21.4. The van der Waals surface area contributed by atoms with E-state index < -0.39 is 35.7 Å². The first kappa shape index (κ1) is 25.6. The van der Waals surface area contributed by atoms with Gasteiger partial charge in [0.25, 0.3) is 17.6 Å². The van der Waals surface area contributed by atoms with Crippen molar-refractivity contribution in [3.63, 3.8) is 0 Å². The summed E-state index contributed by atoms with van der Waals surface area (Å²) in [6.45, 7) is 3.82. The molecule has 1 aromatic heterocycles. The number of benzene rings is 1. The molecule has 4 saturated carbocycles. The second-order valence-electron chi connectivity index (χ2n) is 11.2. The number of nitrogens with one attached hydrogen (secondary N) is 2. The molecule has 37 heavy (non-hydrogen) atoms. The number of amides is 2. The molecule has 0 radical (unpaired) electrons. The van der Waals surface area contributed by atoms with Gasteiger partial charge in [-0.25, -0.2) is 8.78 Å². The number of aromatic nitrogens is 1. The van der Waals surface area contributed by atoms with Crippen LogP contribution in [-0.2, 0) is 11.3 Å². The number of anilines is 1. The summed E-state index contributed by atoms with van der Waals surface area (Å²) < 4.78 is 28.5. The molecule has 198 valence electrons. The highest BCUT2D eigenvalue weighted by Gasteiger charge is 2.55. The quantitative estimate of drug-likeness (QED) is 0.385. The molecule has 4 bridgehead atoms. The maximum atomic E-state index is 13.6. The van der Waals surface area contributed by atoms with Crippen molar-refractivity contribution in [2.24, 2.45) is 17.8 Å². The molecule has 4 aliphatic carbocycles. The molecule has 0 saturated heterocycles. The number of rotatable bonds is 7. The minimum atomic E-state index is -0.807. The first-order valence-corrected chi connectivity index (χ1v) is 12.9. The van der Waals surface area contributed by atoms with Crippen LogP contribution in [0.3, 0.4) is 0 Å². The molecule has 0 aliphatic heterocycles. The van der Waals surface area contributed by atoms with E-state index >= 15 is 0 Å². The van der Waals surface area contributed by atoms with E-state index in [1.54, 1.807) is 20.8 Å². The van der Waals surface area contributed by atoms with E-state index in [-0.39, 0.29) is 35.7 Å². The summed E-state index contributed by atoms with van der Waals surface area (Å²) in [5.41, 5.74) is 0.942. The van der Waals surface area contributed by atoms with Gasteiger partial charge in [-0.05, 0) is 100.0 Å². The summed E-state index contributed by atoms with van der Waals surface area (Å²) >= 11 is 0. The normalized spacial score (nSPS) is 27.8. The van der Waals surface area contributed by atoms with Crippen LogP contribution in [0.2, 0.25) is 0 Å². The second kappa shape index (κ2) is 9.35. The van der Waals surface area contributed by atoms with E-state index in [9.17, 15) is 28.3 Å². The molecule has 0 spiro atoms. The van der Waals surface area contributed by atoms with Crippen molar-refractivity contribution in [1.29, 1.82) is 0 Å². The molecule has 7 nitrogen and oxygen atoms in total. The number of alkyl halides is 1. The average molecular weight is 514 g/mol. The second-order valence-corrected chi connectivity index (χ2v) is 11.2. The fourth-order valence-electron chi connectivity index (χ4n) is 7.34. The Labute approximate surface area is 214 Å². The summed E-state index contributed by atoms with van der Waals surface area (Å²) in [4.78, 5) is 39.8. The molecule has 4 aliphatic rings. The predicted octanol–water partition coefficient (Wildman–Crippen LogP) is 4.01. The van der Waals surface area contributed by atoms with Crippen molar-refractivity contribution in [3.05, 3.63) is 52.1 Å². The number of ketones is 1. The molecule has 1 aromatic carbocycles. The molecular weight excluding hydrogens is 480 g/mol. The third-order valence-electron chi connectivity index (χ3n) is 8.68. The molecule has 2 atom stereocenters. The number of carbonyl (C=O) groups is 3. The molecule has 9 heteroatoms. The lowest BCUT2D eigenvalue weighted by Gasteiger charge is -2.58. The maximum Gasteiger partial charge on any atom is 0.294 e. The number of aliphatic hydroxyl groups is 1. The Morgan fingerprint density at radius 3 is 2.38 bits per heavy atom. The van der Waals surface area contributed by atoms with Crippen molar-refractivity contribution in [2.75, 3.05) is 12.0 Å². The number of nitrogens with zero attached hydrogens (tertiary/aromatic N) is 1. The summed E-state index contributed by atoms with van der Waals surface area (Å²) in [7, 11) is 0. The van der Waals surface area contributed by atoms with Gasteiger partial charge in [0.2, 0.25) is 0 Å². The van der Waals surface area contributed by atoms with Gasteiger partial charge in [0.05, 0.1) is 23.4 Å². The lowest BCUT2D eigenvalue weighted by molar-refractivity contribution is -0.144. The number of carbonyl (C=O) groups excluding carboxylic acids is 3. The van der Waals surface area contributed by atoms with E-state index in [1.807, 2.05) is 0 Å². The third kappa shape index (κ3) is 4.47. The van der Waals surface area contributed by atoms with Gasteiger partial charge in [-0.1, -0.05) is 0 Å². The van der Waals surface area contributed by atoms with E-state index in [2.05, 4.69) is 10.6 Å². The van der Waals surface area contributed by atoms with Crippen LogP contribution >= 0.6 is 0 Å². The minimum absolute atomic E-state index is 0.00414. The van der Waals surface area contributed by atoms with Crippen LogP contribution in [0.4, 0.5) is 14.5 Å². The van der Waals surface area contributed by atoms with Gasteiger partial charge in [-0.2, -0.15) is 0 Å². The predicted molar refractivity (Wildman–Crippen MR) is 134 cm³/mol. The van der Waals surface area contributed by atoms with Crippen molar-refractivity contribution < 1.29 is 28.3 Å². The minimum Gasteiger partial charge on any atom is -0.390 e. The molecule has 6 rings (SSSR count). The highest BCUT2D eigenvalue weighted by Crippen LogP contribution is 2.55. The molecular formula is C28H33F2N3O4. The summed E-state index contributed by atoms with van der Waals surface area (Å²) in [6, 6.07) is 4.01. The van der Waals surface area contributed by atoms with Crippen LogP contribution in [-0.4, -0.2) is 45.6 Å². The zero-order chi connectivity index (χ0) is 26.6. The molecule has 4 fully saturated rings. The lowest BCUT2D eigenvalue weighted by Crippen LogP contribution is -2.62. The van der Waals surface area contributed by atoms with Gasteiger partial charge in [0.15, 0.2) is 0 Å². The summed E-state index contributed by atoms with van der Waals surface area (Å²) in [5.74, 6) is -1.77. The molecule has 1 heterocycles. The zero-order valence-electron chi connectivity index (χ0n) is 21.4. The Morgan fingerprint density at radius 1 is 1.11 bits per heavy atom. The molecule has 2 unspecified atom stereocenters. The van der Waals surface area contributed by atoms with Crippen molar-refractivity contribution in [1.82, 2.24) is 9.88 Å². The largest absolute Gasteiger partial charge is 0.390 e. The lowest BCUT2D eigenvalue weighted by atomic mass is 9.52. The molecule has 2 amide bonds. The third-order valence-corrected chi connectivity index (χ3v) is 8.68. The van der Waals surface area contributed by atoms with Crippen LogP contribution in [0.25, 0.3) is 0 Å². The average Bonchev–Trinajstić information content (AvgIpc) is 3.06. The summed E-state index contributed by atoms with van der Waals surface area (Å²) in [5, 5.41) is 16.5. The van der Waals surface area contributed by atoms with Gasteiger partial charge >= 0.3 is 0 Å². The number of halogens is 2. The van der Waals surface area contributed by atoms with Crippen molar-refractivity contribution in [3.8, 4) is 0 Å². The van der Waals surface area contributed by atoms with Crippen molar-refractivity contribution in [2.45, 2.75) is 71.1 Å². The smallest absolute Gasteiger partial charge is 0.294 e. The number of hydrogen-bond donors (Lipinski definition) is 3. The van der Waals surface area contributed by atoms with Gasteiger partial charge in [-0.3, -0.25) is 14.4 Å². The Morgan fingerprint density at radius 2 is 1.78 bits per heavy atom. The number of aryl methyl sites for hydroxylation is 1. The number of Topliss-reactive ketones (excluding diaryl/α,β-unsaturated/α-hetero) is 1. The van der Waals surface area contributed by atoms with E-state index in [0.29, 0.717) is 41.3 Å².